The number of aromatic nitrogens is 2. The van der Waals surface area contributed by atoms with Crippen LogP contribution in [0.4, 0.5) is 0 Å². The number of fused-ring (bicyclic) bond motifs is 5. The molecule has 5 nitrogen and oxygen atoms in total. The van der Waals surface area contributed by atoms with E-state index in [9.17, 15) is 4.79 Å². The SMILES string of the molecule is COC(C)CCC1(C)C(C)CCC2(C)C3CCC4(Cc5nnc(-c6ccccc6)o5)CC(=O)C(C(C)C)=C4C3CCC12. The van der Waals surface area contributed by atoms with Crippen LogP contribution in [0.1, 0.15) is 105 Å². The lowest BCUT2D eigenvalue weighted by atomic mass is 9.40. The largest absolute Gasteiger partial charge is 0.421 e. The summed E-state index contributed by atoms with van der Waals surface area (Å²) in [6.45, 7) is 14.4. The topological polar surface area (TPSA) is 65.2 Å². The number of Topliss-reactive ketones (excluding diaryl/α,β-unsaturated/α-hetero) is 1. The highest BCUT2D eigenvalue weighted by Crippen LogP contribution is 2.70. The van der Waals surface area contributed by atoms with Crippen molar-refractivity contribution in [3.8, 4) is 11.5 Å². The number of benzene rings is 1. The molecular formula is C37H52N2O3. The van der Waals surface area contributed by atoms with E-state index in [2.05, 4.69) is 51.7 Å². The molecule has 0 saturated heterocycles. The van der Waals surface area contributed by atoms with Crippen molar-refractivity contribution in [2.75, 3.05) is 7.11 Å². The van der Waals surface area contributed by atoms with Crippen LogP contribution in [0.3, 0.4) is 0 Å². The molecule has 42 heavy (non-hydrogen) atoms. The summed E-state index contributed by atoms with van der Waals surface area (Å²) in [4.78, 5) is 13.8. The zero-order valence-electron chi connectivity index (χ0n) is 27.0. The molecule has 6 rings (SSSR count). The quantitative estimate of drug-likeness (QED) is 0.316. The molecule has 1 aromatic heterocycles. The minimum absolute atomic E-state index is 0.180. The maximum Gasteiger partial charge on any atom is 0.247 e. The first-order chi connectivity index (χ1) is 20.0. The molecule has 0 N–H and O–H groups in total. The Labute approximate surface area is 253 Å². The highest BCUT2D eigenvalue weighted by Gasteiger charge is 2.63. The average molecular weight is 573 g/mol. The van der Waals surface area contributed by atoms with Crippen LogP contribution in [0.25, 0.3) is 11.5 Å². The maximum absolute atomic E-state index is 13.8. The molecule has 8 atom stereocenters. The number of allylic oxidation sites excluding steroid dienone is 2. The van der Waals surface area contributed by atoms with Gasteiger partial charge >= 0.3 is 0 Å². The van der Waals surface area contributed by atoms with Gasteiger partial charge in [-0.25, -0.2) is 0 Å². The van der Waals surface area contributed by atoms with Gasteiger partial charge in [0.15, 0.2) is 5.78 Å². The van der Waals surface area contributed by atoms with E-state index < -0.39 is 0 Å². The van der Waals surface area contributed by atoms with Crippen LogP contribution in [-0.4, -0.2) is 29.2 Å². The van der Waals surface area contributed by atoms with Gasteiger partial charge in [0.25, 0.3) is 0 Å². The van der Waals surface area contributed by atoms with Gasteiger partial charge in [-0.2, -0.15) is 0 Å². The number of hydrogen-bond acceptors (Lipinski definition) is 5. The summed E-state index contributed by atoms with van der Waals surface area (Å²) in [5, 5.41) is 8.94. The Morgan fingerprint density at radius 2 is 1.79 bits per heavy atom. The van der Waals surface area contributed by atoms with E-state index in [0.717, 1.165) is 35.8 Å². The van der Waals surface area contributed by atoms with E-state index in [4.69, 9.17) is 9.15 Å². The summed E-state index contributed by atoms with van der Waals surface area (Å²) >= 11 is 0. The summed E-state index contributed by atoms with van der Waals surface area (Å²) in [5.41, 5.74) is 4.03. The minimum Gasteiger partial charge on any atom is -0.421 e. The van der Waals surface area contributed by atoms with Crippen LogP contribution < -0.4 is 0 Å². The van der Waals surface area contributed by atoms with Crippen molar-refractivity contribution in [3.63, 3.8) is 0 Å². The highest BCUT2D eigenvalue weighted by molar-refractivity contribution is 6.00. The van der Waals surface area contributed by atoms with Gasteiger partial charge in [-0.3, -0.25) is 4.79 Å². The molecule has 2 aromatic rings. The smallest absolute Gasteiger partial charge is 0.247 e. The lowest BCUT2D eigenvalue weighted by Gasteiger charge is -2.65. The molecule has 4 aliphatic rings. The standard InChI is InChI=1S/C37H52N2O3/c1-23(2)32-29(40)21-37(22-31-38-39-34(42-31)26-11-9-8-10-12-26)20-17-28-27(33(32)37)13-14-30-35(5,19-16-25(4)41-7)24(3)15-18-36(28,30)6/h8-12,23-25,27-28,30H,13-22H2,1-7H3. The van der Waals surface area contributed by atoms with E-state index in [-0.39, 0.29) is 11.3 Å². The van der Waals surface area contributed by atoms with Crippen LogP contribution in [0, 0.1) is 45.8 Å². The second-order valence-corrected chi connectivity index (χ2v) is 15.3. The van der Waals surface area contributed by atoms with Crippen molar-refractivity contribution in [2.45, 2.75) is 112 Å². The van der Waals surface area contributed by atoms with Crippen LogP contribution in [-0.2, 0) is 16.0 Å². The number of carbonyl (C=O) groups is 1. The Hall–Kier alpha value is -2.27. The van der Waals surface area contributed by atoms with Gasteiger partial charge in [0.1, 0.15) is 0 Å². The Balaban J connectivity index is 1.34. The lowest BCUT2D eigenvalue weighted by molar-refractivity contribution is -0.141. The summed E-state index contributed by atoms with van der Waals surface area (Å²) < 4.78 is 12.0. The second kappa shape index (κ2) is 11.0. The molecule has 0 spiro atoms. The molecule has 3 saturated carbocycles. The van der Waals surface area contributed by atoms with Crippen molar-refractivity contribution in [3.05, 3.63) is 47.4 Å². The molecule has 1 aromatic carbocycles. The molecule has 5 heteroatoms. The highest BCUT2D eigenvalue weighted by atomic mass is 16.5. The third-order valence-electron chi connectivity index (χ3n) is 12.9. The minimum atomic E-state index is -0.180. The van der Waals surface area contributed by atoms with Gasteiger partial charge < -0.3 is 9.15 Å². The number of methoxy groups -OCH3 is 1. The van der Waals surface area contributed by atoms with E-state index in [1.165, 1.54) is 44.1 Å². The Kier molecular flexibility index (Phi) is 7.82. The molecular weight excluding hydrogens is 520 g/mol. The summed E-state index contributed by atoms with van der Waals surface area (Å²) in [5.74, 6) is 4.42. The zero-order valence-corrected chi connectivity index (χ0v) is 27.0. The predicted octanol–water partition coefficient (Wildman–Crippen LogP) is 8.88. The first-order valence-electron chi connectivity index (χ1n) is 16.7. The first-order valence-corrected chi connectivity index (χ1v) is 16.7. The third kappa shape index (κ3) is 4.73. The third-order valence-corrected chi connectivity index (χ3v) is 12.9. The monoisotopic (exact) mass is 572 g/mol. The summed E-state index contributed by atoms with van der Waals surface area (Å²) in [6.07, 6.45) is 11.3. The molecule has 1 heterocycles. The van der Waals surface area contributed by atoms with Gasteiger partial charge in [-0.1, -0.05) is 58.4 Å². The molecule has 0 aliphatic heterocycles. The van der Waals surface area contributed by atoms with Crippen LogP contribution >= 0.6 is 0 Å². The average Bonchev–Trinajstić information content (AvgIpc) is 3.56. The van der Waals surface area contributed by atoms with Gasteiger partial charge in [0, 0.05) is 30.9 Å². The predicted molar refractivity (Wildman–Crippen MR) is 167 cm³/mol. The van der Waals surface area contributed by atoms with E-state index in [0.29, 0.717) is 59.2 Å². The normalized spacial score (nSPS) is 37.0. The van der Waals surface area contributed by atoms with Crippen LogP contribution in [0.2, 0.25) is 0 Å². The van der Waals surface area contributed by atoms with Gasteiger partial charge in [0.2, 0.25) is 11.8 Å². The molecule has 0 radical (unpaired) electrons. The molecule has 0 bridgehead atoms. The number of nitrogens with zero attached hydrogens (tertiary/aromatic N) is 2. The fourth-order valence-electron chi connectivity index (χ4n) is 10.5. The number of carbonyl (C=O) groups excluding carboxylic acids is 1. The Morgan fingerprint density at radius 3 is 2.50 bits per heavy atom. The first kappa shape index (κ1) is 29.8. The van der Waals surface area contributed by atoms with Crippen molar-refractivity contribution in [1.82, 2.24) is 10.2 Å². The van der Waals surface area contributed by atoms with Gasteiger partial charge in [0.05, 0.1) is 6.10 Å². The molecule has 228 valence electrons. The number of hydrogen-bond donors (Lipinski definition) is 0. The molecule has 0 amide bonds. The molecule has 4 aliphatic carbocycles. The fraction of sp³-hybridized carbons (Fsp3) is 0.703. The number of rotatable bonds is 8. The van der Waals surface area contributed by atoms with Crippen LogP contribution in [0.15, 0.2) is 45.9 Å². The van der Waals surface area contributed by atoms with E-state index >= 15 is 0 Å². The van der Waals surface area contributed by atoms with E-state index in [1.54, 1.807) is 0 Å². The molecule has 8 unspecified atom stereocenters. The Morgan fingerprint density at radius 1 is 1.02 bits per heavy atom. The number of ether oxygens (including phenoxy) is 1. The Bertz CT molecular complexity index is 1330. The number of ketones is 1. The van der Waals surface area contributed by atoms with Crippen LogP contribution in [0.5, 0.6) is 0 Å². The van der Waals surface area contributed by atoms with Crippen molar-refractivity contribution in [1.29, 1.82) is 0 Å². The lowest BCUT2D eigenvalue weighted by Crippen LogP contribution is -2.57. The summed E-state index contributed by atoms with van der Waals surface area (Å²) in [6, 6.07) is 10.0. The summed E-state index contributed by atoms with van der Waals surface area (Å²) in [7, 11) is 1.85. The van der Waals surface area contributed by atoms with E-state index in [1.807, 2.05) is 37.4 Å². The van der Waals surface area contributed by atoms with Gasteiger partial charge in [-0.15, -0.1) is 10.2 Å². The molecule has 3 fully saturated rings. The van der Waals surface area contributed by atoms with Crippen molar-refractivity contribution in [2.24, 2.45) is 45.8 Å². The van der Waals surface area contributed by atoms with Crippen molar-refractivity contribution < 1.29 is 13.9 Å². The maximum atomic E-state index is 13.8. The zero-order chi connectivity index (χ0) is 29.9. The van der Waals surface area contributed by atoms with Crippen molar-refractivity contribution >= 4 is 5.78 Å². The second-order valence-electron chi connectivity index (χ2n) is 15.3. The fourth-order valence-corrected chi connectivity index (χ4v) is 10.5. The van der Waals surface area contributed by atoms with Gasteiger partial charge in [-0.05, 0) is 116 Å².